The molecule has 6 nitrogen and oxygen atoms in total. The van der Waals surface area contributed by atoms with Crippen LogP contribution >= 0.6 is 0 Å². The summed E-state index contributed by atoms with van der Waals surface area (Å²) in [6, 6.07) is 0. The third-order valence-electron chi connectivity index (χ3n) is 2.60. The van der Waals surface area contributed by atoms with Crippen molar-refractivity contribution < 1.29 is 41.1 Å². The smallest absolute Gasteiger partial charge is 0.463 e. The summed E-state index contributed by atoms with van der Waals surface area (Å²) in [5, 5.41) is 0. The van der Waals surface area contributed by atoms with E-state index in [1.165, 1.54) is 0 Å². The van der Waals surface area contributed by atoms with Crippen LogP contribution < -0.4 is 0 Å². The third-order valence-corrected chi connectivity index (χ3v) is 2.60. The zero-order valence-corrected chi connectivity index (χ0v) is 12.7. The molecule has 0 aromatic carbocycles. The number of ether oxygens (including phenoxy) is 1. The van der Waals surface area contributed by atoms with Crippen molar-refractivity contribution in [1.82, 2.24) is 9.80 Å². The Hall–Kier alpha value is -1.94. The van der Waals surface area contributed by atoms with Crippen LogP contribution in [-0.4, -0.2) is 73.5 Å². The second kappa shape index (κ2) is 8.06. The Morgan fingerprint density at radius 1 is 0.957 bits per heavy atom. The number of carbonyl (C=O) groups excluding carboxylic acids is 3. The first-order valence-electron chi connectivity index (χ1n) is 6.44. The van der Waals surface area contributed by atoms with Gasteiger partial charge in [-0.25, -0.2) is 0 Å². The van der Waals surface area contributed by atoms with Gasteiger partial charge < -0.3 is 14.5 Å². The zero-order chi connectivity index (χ0) is 18.4. The Kier molecular flexibility index (Phi) is 7.38. The van der Waals surface area contributed by atoms with Gasteiger partial charge in [0.25, 0.3) is 0 Å². The normalized spacial score (nSPS) is 11.8. The summed E-state index contributed by atoms with van der Waals surface area (Å²) in [4.78, 5) is 34.7. The van der Waals surface area contributed by atoms with E-state index in [0.29, 0.717) is 13.5 Å². The molecule has 0 aliphatic heterocycles. The summed E-state index contributed by atoms with van der Waals surface area (Å²) in [7, 11) is 1.75. The first kappa shape index (κ1) is 21.1. The molecular formula is C12H17F5N2O4. The molecule has 0 rings (SSSR count). The standard InChI is InChI=1S/C12H17F5N2O4/c1-4-5-23-9(21)7-18(2)8(20)6-19(3)10(22)11(13,14)12(15,16)17/h4-7H2,1-3H3. The Morgan fingerprint density at radius 2 is 1.48 bits per heavy atom. The zero-order valence-electron chi connectivity index (χ0n) is 12.7. The van der Waals surface area contributed by atoms with Gasteiger partial charge in [-0.1, -0.05) is 6.92 Å². The van der Waals surface area contributed by atoms with Crippen molar-refractivity contribution in [2.24, 2.45) is 0 Å². The summed E-state index contributed by atoms with van der Waals surface area (Å²) in [6.45, 7) is 0.305. The van der Waals surface area contributed by atoms with E-state index in [9.17, 15) is 36.3 Å². The summed E-state index contributed by atoms with van der Waals surface area (Å²) >= 11 is 0. The van der Waals surface area contributed by atoms with Crippen molar-refractivity contribution in [3.63, 3.8) is 0 Å². The van der Waals surface area contributed by atoms with E-state index in [2.05, 4.69) is 4.74 Å². The van der Waals surface area contributed by atoms with Crippen molar-refractivity contribution in [1.29, 1.82) is 0 Å². The molecule has 0 heterocycles. The van der Waals surface area contributed by atoms with E-state index >= 15 is 0 Å². The maximum absolute atomic E-state index is 12.9. The molecule has 0 aliphatic rings. The highest BCUT2D eigenvalue weighted by Gasteiger charge is 2.64. The minimum absolute atomic E-state index is 0.0519. The maximum atomic E-state index is 12.9. The molecule has 0 aromatic rings. The molecule has 0 saturated heterocycles. The first-order chi connectivity index (χ1) is 10.3. The maximum Gasteiger partial charge on any atom is 0.463 e. The van der Waals surface area contributed by atoms with Gasteiger partial charge in [0, 0.05) is 14.1 Å². The van der Waals surface area contributed by atoms with Crippen LogP contribution in [0.15, 0.2) is 0 Å². The number of carbonyl (C=O) groups is 3. The fourth-order valence-electron chi connectivity index (χ4n) is 1.30. The average molecular weight is 348 g/mol. The molecule has 0 spiro atoms. The lowest BCUT2D eigenvalue weighted by Gasteiger charge is -2.26. The molecule has 0 saturated carbocycles. The van der Waals surface area contributed by atoms with Gasteiger partial charge in [0.05, 0.1) is 13.2 Å². The molecule has 23 heavy (non-hydrogen) atoms. The summed E-state index contributed by atoms with van der Waals surface area (Å²) in [6.07, 6.45) is -5.51. The Balaban J connectivity index is 4.66. The van der Waals surface area contributed by atoms with Crippen LogP contribution in [0.3, 0.4) is 0 Å². The molecule has 0 atom stereocenters. The van der Waals surface area contributed by atoms with Crippen molar-refractivity contribution in [2.45, 2.75) is 25.4 Å². The number of hydrogen-bond acceptors (Lipinski definition) is 4. The fraction of sp³-hybridized carbons (Fsp3) is 0.750. The van der Waals surface area contributed by atoms with Gasteiger partial charge >= 0.3 is 24.0 Å². The second-order valence-corrected chi connectivity index (χ2v) is 4.70. The molecule has 0 unspecified atom stereocenters. The molecule has 11 heteroatoms. The van der Waals surface area contributed by atoms with Crippen LogP contribution in [0.2, 0.25) is 0 Å². The van der Waals surface area contributed by atoms with E-state index in [-0.39, 0.29) is 11.5 Å². The number of hydrogen-bond donors (Lipinski definition) is 0. The average Bonchev–Trinajstić information content (AvgIpc) is 2.42. The van der Waals surface area contributed by atoms with Crippen molar-refractivity contribution in [3.8, 4) is 0 Å². The van der Waals surface area contributed by atoms with Crippen molar-refractivity contribution >= 4 is 17.8 Å². The van der Waals surface area contributed by atoms with E-state index in [1.807, 2.05) is 0 Å². The minimum atomic E-state index is -6.06. The molecule has 0 N–H and O–H groups in total. The summed E-state index contributed by atoms with van der Waals surface area (Å²) < 4.78 is 66.6. The van der Waals surface area contributed by atoms with Crippen LogP contribution in [0.5, 0.6) is 0 Å². The lowest BCUT2D eigenvalue weighted by molar-refractivity contribution is -0.273. The van der Waals surface area contributed by atoms with E-state index in [4.69, 9.17) is 0 Å². The van der Waals surface area contributed by atoms with Crippen LogP contribution in [0.4, 0.5) is 22.0 Å². The van der Waals surface area contributed by atoms with Crippen LogP contribution in [0, 0.1) is 0 Å². The molecule has 0 bridgehead atoms. The van der Waals surface area contributed by atoms with Crippen LogP contribution in [0.1, 0.15) is 13.3 Å². The largest absolute Gasteiger partial charge is 0.464 e. The number of nitrogens with zero attached hydrogens (tertiary/aromatic N) is 2. The van der Waals surface area contributed by atoms with Gasteiger partial charge in [0.2, 0.25) is 5.91 Å². The van der Waals surface area contributed by atoms with E-state index < -0.39 is 43.0 Å². The number of esters is 1. The number of halogens is 5. The lowest BCUT2D eigenvalue weighted by atomic mass is 10.3. The third kappa shape index (κ3) is 5.99. The highest BCUT2D eigenvalue weighted by molar-refractivity contribution is 5.89. The highest BCUT2D eigenvalue weighted by atomic mass is 19.4. The molecule has 0 aliphatic carbocycles. The monoisotopic (exact) mass is 348 g/mol. The Morgan fingerprint density at radius 3 is 1.91 bits per heavy atom. The quantitative estimate of drug-likeness (QED) is 0.510. The predicted octanol–water partition coefficient (Wildman–Crippen LogP) is 1.05. The molecular weight excluding hydrogens is 331 g/mol. The second-order valence-electron chi connectivity index (χ2n) is 4.70. The fourth-order valence-corrected chi connectivity index (χ4v) is 1.30. The van der Waals surface area contributed by atoms with Crippen LogP contribution in [0.25, 0.3) is 0 Å². The molecule has 0 fully saturated rings. The Labute approximate surface area is 129 Å². The predicted molar refractivity (Wildman–Crippen MR) is 67.5 cm³/mol. The Bertz CT molecular complexity index is 453. The van der Waals surface area contributed by atoms with Crippen LogP contribution in [-0.2, 0) is 19.1 Å². The molecule has 0 aromatic heterocycles. The first-order valence-corrected chi connectivity index (χ1v) is 6.44. The van der Waals surface area contributed by atoms with Crippen molar-refractivity contribution in [3.05, 3.63) is 0 Å². The lowest BCUT2D eigenvalue weighted by Crippen LogP contribution is -2.53. The molecule has 2 amide bonds. The molecule has 134 valence electrons. The number of likely N-dealkylation sites (N-methyl/N-ethyl adjacent to an activating group) is 2. The summed E-state index contributed by atoms with van der Waals surface area (Å²) in [5.74, 6) is -9.91. The number of amides is 2. The SMILES string of the molecule is CCCOC(=O)CN(C)C(=O)CN(C)C(=O)C(F)(F)C(F)(F)F. The van der Waals surface area contributed by atoms with Gasteiger partial charge in [-0.3, -0.25) is 14.4 Å². The van der Waals surface area contributed by atoms with Gasteiger partial charge in [-0.05, 0) is 6.42 Å². The van der Waals surface area contributed by atoms with Gasteiger partial charge in [0.1, 0.15) is 6.54 Å². The highest BCUT2D eigenvalue weighted by Crippen LogP contribution is 2.36. The minimum Gasteiger partial charge on any atom is -0.464 e. The topological polar surface area (TPSA) is 66.9 Å². The van der Waals surface area contributed by atoms with E-state index in [0.717, 1.165) is 11.9 Å². The van der Waals surface area contributed by atoms with E-state index in [1.54, 1.807) is 6.92 Å². The molecule has 0 radical (unpaired) electrons. The summed E-state index contributed by atoms with van der Waals surface area (Å²) in [5.41, 5.74) is 0. The van der Waals surface area contributed by atoms with Gasteiger partial charge in [-0.2, -0.15) is 22.0 Å². The van der Waals surface area contributed by atoms with Crippen molar-refractivity contribution in [2.75, 3.05) is 33.8 Å². The van der Waals surface area contributed by atoms with Gasteiger partial charge in [-0.15, -0.1) is 0 Å². The number of rotatable bonds is 7. The van der Waals surface area contributed by atoms with Gasteiger partial charge in [0.15, 0.2) is 0 Å². The number of alkyl halides is 5.